The van der Waals surface area contributed by atoms with E-state index in [4.69, 9.17) is 11.6 Å². The number of rotatable bonds is 5. The molecule has 3 unspecified atom stereocenters. The van der Waals surface area contributed by atoms with Crippen molar-refractivity contribution in [1.29, 1.82) is 0 Å². The van der Waals surface area contributed by atoms with Gasteiger partial charge >= 0.3 is 0 Å². The summed E-state index contributed by atoms with van der Waals surface area (Å²) in [4.78, 5) is 1.40. The van der Waals surface area contributed by atoms with Gasteiger partial charge in [0.2, 0.25) is 0 Å². The van der Waals surface area contributed by atoms with Crippen molar-refractivity contribution in [1.82, 2.24) is 10.6 Å². The molecule has 112 valence electrons. The summed E-state index contributed by atoms with van der Waals surface area (Å²) in [7, 11) is 0. The third-order valence-electron chi connectivity index (χ3n) is 4.84. The number of halogens is 1. The Morgan fingerprint density at radius 2 is 2.15 bits per heavy atom. The van der Waals surface area contributed by atoms with E-state index in [2.05, 4.69) is 16.7 Å². The summed E-state index contributed by atoms with van der Waals surface area (Å²) in [6.45, 7) is 2.31. The number of piperidine rings is 1. The summed E-state index contributed by atoms with van der Waals surface area (Å²) in [5.74, 6) is 0.849. The topological polar surface area (TPSA) is 24.1 Å². The molecule has 2 fully saturated rings. The zero-order chi connectivity index (χ0) is 13.8. The van der Waals surface area contributed by atoms with Crippen LogP contribution in [-0.4, -0.2) is 25.2 Å². The summed E-state index contributed by atoms with van der Waals surface area (Å²) >= 11 is 7.69. The molecular formula is C16H25ClN2S. The fraction of sp³-hybridized carbons (Fsp3) is 0.750. The molecule has 0 bridgehead atoms. The van der Waals surface area contributed by atoms with Gasteiger partial charge in [-0.25, -0.2) is 0 Å². The lowest BCUT2D eigenvalue weighted by molar-refractivity contribution is 0.258. The van der Waals surface area contributed by atoms with Crippen molar-refractivity contribution in [2.45, 2.75) is 57.0 Å². The second-order valence-electron chi connectivity index (χ2n) is 6.17. The van der Waals surface area contributed by atoms with E-state index in [9.17, 15) is 0 Å². The average molecular weight is 313 g/mol. The highest BCUT2D eigenvalue weighted by Gasteiger charge is 2.33. The molecule has 1 aromatic rings. The van der Waals surface area contributed by atoms with Gasteiger partial charge in [-0.2, -0.15) is 0 Å². The van der Waals surface area contributed by atoms with Crippen LogP contribution in [0.3, 0.4) is 0 Å². The minimum atomic E-state index is 0.723. The molecular weight excluding hydrogens is 288 g/mol. The monoisotopic (exact) mass is 312 g/mol. The third-order valence-corrected chi connectivity index (χ3v) is 6.13. The first-order valence-electron chi connectivity index (χ1n) is 8.04. The molecule has 1 aromatic heterocycles. The second-order valence-corrected chi connectivity index (χ2v) is 7.97. The van der Waals surface area contributed by atoms with E-state index in [1.165, 1.54) is 49.9 Å². The average Bonchev–Trinajstić information content (AvgIpc) is 3.09. The van der Waals surface area contributed by atoms with Crippen molar-refractivity contribution < 1.29 is 0 Å². The van der Waals surface area contributed by atoms with Gasteiger partial charge in [0.1, 0.15) is 0 Å². The van der Waals surface area contributed by atoms with E-state index in [0.29, 0.717) is 0 Å². The SMILES string of the molecule is Clc1ccc(CCNC2CCCC2C2CCCCN2)s1. The van der Waals surface area contributed by atoms with Crippen molar-refractivity contribution in [3.63, 3.8) is 0 Å². The van der Waals surface area contributed by atoms with Gasteiger partial charge < -0.3 is 10.6 Å². The maximum Gasteiger partial charge on any atom is 0.0931 e. The predicted octanol–water partition coefficient (Wildman–Crippen LogP) is 3.84. The van der Waals surface area contributed by atoms with Crippen LogP contribution in [0, 0.1) is 5.92 Å². The van der Waals surface area contributed by atoms with Crippen LogP contribution in [0.2, 0.25) is 4.34 Å². The largest absolute Gasteiger partial charge is 0.314 e. The summed E-state index contributed by atoms with van der Waals surface area (Å²) in [5, 5.41) is 7.56. The van der Waals surface area contributed by atoms with Crippen molar-refractivity contribution in [3.8, 4) is 0 Å². The zero-order valence-corrected chi connectivity index (χ0v) is 13.6. The predicted molar refractivity (Wildman–Crippen MR) is 87.8 cm³/mol. The van der Waals surface area contributed by atoms with E-state index in [1.807, 2.05) is 6.07 Å². The van der Waals surface area contributed by atoms with Crippen LogP contribution in [0.1, 0.15) is 43.4 Å². The molecule has 3 rings (SSSR count). The van der Waals surface area contributed by atoms with Gasteiger partial charge in [0.15, 0.2) is 0 Å². The highest BCUT2D eigenvalue weighted by Crippen LogP contribution is 2.31. The van der Waals surface area contributed by atoms with E-state index in [1.54, 1.807) is 11.3 Å². The van der Waals surface area contributed by atoms with E-state index < -0.39 is 0 Å². The molecule has 2 heterocycles. The van der Waals surface area contributed by atoms with Gasteiger partial charge in [-0.15, -0.1) is 11.3 Å². The Morgan fingerprint density at radius 3 is 2.90 bits per heavy atom. The quantitative estimate of drug-likeness (QED) is 0.863. The molecule has 4 heteroatoms. The van der Waals surface area contributed by atoms with E-state index in [-0.39, 0.29) is 0 Å². The van der Waals surface area contributed by atoms with Crippen LogP contribution in [-0.2, 0) is 6.42 Å². The highest BCUT2D eigenvalue weighted by molar-refractivity contribution is 7.16. The number of thiophene rings is 1. The lowest BCUT2D eigenvalue weighted by atomic mass is 9.88. The van der Waals surface area contributed by atoms with Crippen molar-refractivity contribution >= 4 is 22.9 Å². The van der Waals surface area contributed by atoms with Gasteiger partial charge in [0.25, 0.3) is 0 Å². The Balaban J connectivity index is 1.46. The number of hydrogen-bond donors (Lipinski definition) is 2. The summed E-state index contributed by atoms with van der Waals surface area (Å²) < 4.78 is 0.908. The molecule has 2 aliphatic rings. The zero-order valence-electron chi connectivity index (χ0n) is 12.0. The molecule has 1 aliphatic heterocycles. The molecule has 2 nitrogen and oxygen atoms in total. The summed E-state index contributed by atoms with van der Waals surface area (Å²) in [6, 6.07) is 5.65. The van der Waals surface area contributed by atoms with Crippen molar-refractivity contribution in [3.05, 3.63) is 21.3 Å². The molecule has 1 aliphatic carbocycles. The lowest BCUT2D eigenvalue weighted by Crippen LogP contribution is -2.47. The first-order chi connectivity index (χ1) is 9.83. The van der Waals surface area contributed by atoms with Crippen molar-refractivity contribution in [2.75, 3.05) is 13.1 Å². The van der Waals surface area contributed by atoms with Gasteiger partial charge in [-0.05, 0) is 56.7 Å². The number of nitrogens with one attached hydrogen (secondary N) is 2. The van der Waals surface area contributed by atoms with Crippen LogP contribution < -0.4 is 10.6 Å². The Kier molecular flexibility index (Phi) is 5.38. The molecule has 3 atom stereocenters. The smallest absolute Gasteiger partial charge is 0.0931 e. The fourth-order valence-electron chi connectivity index (χ4n) is 3.83. The second kappa shape index (κ2) is 7.26. The maximum absolute atomic E-state index is 5.98. The first kappa shape index (κ1) is 14.8. The molecule has 0 amide bonds. The summed E-state index contributed by atoms with van der Waals surface area (Å²) in [5.41, 5.74) is 0. The van der Waals surface area contributed by atoms with Crippen LogP contribution in [0.15, 0.2) is 12.1 Å². The minimum Gasteiger partial charge on any atom is -0.314 e. The third kappa shape index (κ3) is 3.76. The normalized spacial score (nSPS) is 30.8. The molecule has 2 N–H and O–H groups in total. The van der Waals surface area contributed by atoms with Gasteiger partial charge in [0, 0.05) is 23.5 Å². The molecule has 0 radical (unpaired) electrons. The molecule has 20 heavy (non-hydrogen) atoms. The van der Waals surface area contributed by atoms with Crippen LogP contribution >= 0.6 is 22.9 Å². The van der Waals surface area contributed by atoms with Crippen molar-refractivity contribution in [2.24, 2.45) is 5.92 Å². The van der Waals surface area contributed by atoms with Crippen LogP contribution in [0.4, 0.5) is 0 Å². The van der Waals surface area contributed by atoms with Gasteiger partial charge in [0.05, 0.1) is 4.34 Å². The number of hydrogen-bond acceptors (Lipinski definition) is 3. The standard InChI is InChI=1S/C16H25ClN2S/c17-16-8-7-12(20-16)9-11-19-15-6-3-4-13(15)14-5-1-2-10-18-14/h7-8,13-15,18-19H,1-6,9-11H2. The molecule has 1 saturated heterocycles. The van der Waals surface area contributed by atoms with Crippen LogP contribution in [0.25, 0.3) is 0 Å². The Hall–Kier alpha value is -0.0900. The Labute approximate surface area is 131 Å². The Bertz CT molecular complexity index is 414. The summed E-state index contributed by atoms with van der Waals surface area (Å²) in [6.07, 6.45) is 9.41. The molecule has 1 saturated carbocycles. The van der Waals surface area contributed by atoms with E-state index in [0.717, 1.165) is 35.3 Å². The van der Waals surface area contributed by atoms with E-state index >= 15 is 0 Å². The highest BCUT2D eigenvalue weighted by atomic mass is 35.5. The fourth-order valence-corrected chi connectivity index (χ4v) is 4.92. The van der Waals surface area contributed by atoms with Crippen LogP contribution in [0.5, 0.6) is 0 Å². The first-order valence-corrected chi connectivity index (χ1v) is 9.23. The molecule has 0 aromatic carbocycles. The van der Waals surface area contributed by atoms with Gasteiger partial charge in [-0.3, -0.25) is 0 Å². The van der Waals surface area contributed by atoms with Gasteiger partial charge in [-0.1, -0.05) is 24.4 Å². The maximum atomic E-state index is 5.98. The Morgan fingerprint density at radius 1 is 1.20 bits per heavy atom. The molecule has 0 spiro atoms. The lowest BCUT2D eigenvalue weighted by Gasteiger charge is -2.33. The minimum absolute atomic E-state index is 0.723.